The quantitative estimate of drug-likeness (QED) is 0.112. The van der Waals surface area contributed by atoms with Crippen molar-refractivity contribution in [3.63, 3.8) is 0 Å². The summed E-state index contributed by atoms with van der Waals surface area (Å²) >= 11 is 0. The van der Waals surface area contributed by atoms with Gasteiger partial charge in [-0.05, 0) is 66.5 Å². The van der Waals surface area contributed by atoms with Crippen LogP contribution in [0.25, 0.3) is 0 Å². The van der Waals surface area contributed by atoms with Gasteiger partial charge in [0.2, 0.25) is 15.9 Å². The number of nitrogens with zero attached hydrogens (tertiary/aromatic N) is 4. The van der Waals surface area contributed by atoms with E-state index in [1.165, 1.54) is 28.3 Å². The molecule has 0 unspecified atom stereocenters. The van der Waals surface area contributed by atoms with E-state index < -0.39 is 40.1 Å². The van der Waals surface area contributed by atoms with Crippen LogP contribution in [0.2, 0.25) is 0 Å². The molecule has 1 heterocycles. The van der Waals surface area contributed by atoms with E-state index in [1.54, 1.807) is 37.4 Å². The summed E-state index contributed by atoms with van der Waals surface area (Å²) in [6.07, 6.45) is 3.20. The van der Waals surface area contributed by atoms with Gasteiger partial charge in [0.15, 0.2) is 5.78 Å². The average Bonchev–Trinajstić information content (AvgIpc) is 3.67. The third kappa shape index (κ3) is 11.7. The maximum atomic E-state index is 14.1. The van der Waals surface area contributed by atoms with Gasteiger partial charge in [0.05, 0.1) is 29.3 Å². The van der Waals surface area contributed by atoms with E-state index >= 15 is 0 Å². The third-order valence-electron chi connectivity index (χ3n) is 9.91. The van der Waals surface area contributed by atoms with E-state index in [1.807, 2.05) is 44.2 Å². The molecule has 0 radical (unpaired) electrons. The molecule has 3 aromatic rings. The average molecular weight is 749 g/mol. The Kier molecular flexibility index (Phi) is 15.2. The van der Waals surface area contributed by atoms with E-state index in [0.717, 1.165) is 31.2 Å². The Morgan fingerprint density at radius 1 is 0.962 bits per heavy atom. The van der Waals surface area contributed by atoms with Crippen molar-refractivity contribution in [3.05, 3.63) is 100 Å². The zero-order chi connectivity index (χ0) is 38.5. The topological polar surface area (TPSA) is 178 Å². The Hall–Kier alpha value is -4.53. The first kappa shape index (κ1) is 41.2. The van der Waals surface area contributed by atoms with Crippen LogP contribution in [0.15, 0.2) is 82.9 Å². The van der Waals surface area contributed by atoms with Crippen LogP contribution in [-0.4, -0.2) is 83.8 Å². The predicted molar refractivity (Wildman–Crippen MR) is 202 cm³/mol. The molecule has 2 aromatic carbocycles. The van der Waals surface area contributed by atoms with Crippen LogP contribution in [0.1, 0.15) is 80.2 Å². The van der Waals surface area contributed by atoms with Crippen LogP contribution < -0.4 is 10.6 Å². The number of Topliss-reactive ketones (excluding diaryl/α,β-unsaturated/α-hetero) is 1. The van der Waals surface area contributed by atoms with Crippen LogP contribution in [0.3, 0.4) is 0 Å². The first-order valence-corrected chi connectivity index (χ1v) is 19.6. The number of aliphatic hydroxyl groups excluding tert-OH is 1. The zero-order valence-corrected chi connectivity index (χ0v) is 31.8. The van der Waals surface area contributed by atoms with Crippen LogP contribution in [0, 0.1) is 16.7 Å². The number of rotatable bonds is 19. The number of carbonyl (C=O) groups is 3. The molecule has 1 aromatic heterocycles. The molecular weight excluding hydrogens is 697 g/mol. The standard InChI is InChI=1S/C39H52N6O7S/c1-5-27(2)37(43-39(49)44(4)25-32-16-11-17-34(41-32)28(3)46)38(48)42-35(22-29-12-7-6-8-13-29)36(47)26-45(24-31-14-9-10-15-31)53(51,52)33-20-18-30(19-21-33)23-40-50/h6-8,11-13,16-21,27,31,35-37,47H,5,9-10,14-15,22-26H2,1-4H3,(H,42,48)(H,43,49)/t27-,35-,36+,37-/m0/s1. The van der Waals surface area contributed by atoms with Crippen LogP contribution in [0.5, 0.6) is 0 Å². The summed E-state index contributed by atoms with van der Waals surface area (Å²) in [4.78, 5) is 55.8. The molecule has 1 saturated carbocycles. The lowest BCUT2D eigenvalue weighted by atomic mass is 9.96. The number of hydrogen-bond donors (Lipinski definition) is 3. The van der Waals surface area contributed by atoms with Crippen molar-refractivity contribution in [3.8, 4) is 0 Å². The molecule has 1 aliphatic carbocycles. The van der Waals surface area contributed by atoms with Gasteiger partial charge < -0.3 is 20.6 Å². The molecule has 1 fully saturated rings. The summed E-state index contributed by atoms with van der Waals surface area (Å²) in [6, 6.07) is 17.9. The summed E-state index contributed by atoms with van der Waals surface area (Å²) < 4.78 is 29.5. The fraction of sp³-hybridized carbons (Fsp3) is 0.487. The number of sulfonamides is 1. The zero-order valence-electron chi connectivity index (χ0n) is 31.0. The molecule has 13 nitrogen and oxygen atoms in total. The number of carbonyl (C=O) groups excluding carboxylic acids is 3. The van der Waals surface area contributed by atoms with E-state index in [4.69, 9.17) is 0 Å². The normalized spacial score (nSPS) is 15.7. The Bertz CT molecular complexity index is 1790. The third-order valence-corrected chi connectivity index (χ3v) is 11.8. The first-order valence-electron chi connectivity index (χ1n) is 18.2. The molecule has 3 amide bonds. The minimum Gasteiger partial charge on any atom is -0.390 e. The van der Waals surface area contributed by atoms with E-state index in [9.17, 15) is 32.8 Å². The second-order valence-electron chi connectivity index (χ2n) is 14.0. The molecule has 4 atom stereocenters. The highest BCUT2D eigenvalue weighted by atomic mass is 32.2. The number of benzene rings is 2. The van der Waals surface area contributed by atoms with Crippen molar-refractivity contribution in [1.29, 1.82) is 0 Å². The molecular formula is C39H52N6O7S. The number of hydrogen-bond acceptors (Lipinski definition) is 9. The number of ketones is 1. The summed E-state index contributed by atoms with van der Waals surface area (Å²) in [5.41, 5.74) is 2.21. The summed E-state index contributed by atoms with van der Waals surface area (Å²) in [5.74, 6) is -0.874. The number of aromatic nitrogens is 1. The second-order valence-corrected chi connectivity index (χ2v) is 16.0. The van der Waals surface area contributed by atoms with Gasteiger partial charge in [-0.1, -0.05) is 86.8 Å². The number of nitroso groups, excluding NO2 is 1. The van der Waals surface area contributed by atoms with Crippen molar-refractivity contribution >= 4 is 27.7 Å². The van der Waals surface area contributed by atoms with Gasteiger partial charge in [-0.25, -0.2) is 18.2 Å². The highest BCUT2D eigenvalue weighted by molar-refractivity contribution is 7.89. The molecule has 0 saturated heterocycles. The molecule has 0 spiro atoms. The van der Waals surface area contributed by atoms with Gasteiger partial charge in [0, 0.05) is 27.1 Å². The van der Waals surface area contributed by atoms with Gasteiger partial charge in [0.1, 0.15) is 18.3 Å². The summed E-state index contributed by atoms with van der Waals surface area (Å²) in [6.45, 7) is 5.13. The van der Waals surface area contributed by atoms with Gasteiger partial charge in [-0.2, -0.15) is 9.21 Å². The largest absolute Gasteiger partial charge is 0.390 e. The van der Waals surface area contributed by atoms with Crippen LogP contribution >= 0.6 is 0 Å². The van der Waals surface area contributed by atoms with Gasteiger partial charge >= 0.3 is 6.03 Å². The van der Waals surface area contributed by atoms with Crippen molar-refractivity contribution < 1.29 is 27.9 Å². The van der Waals surface area contributed by atoms with Crippen molar-refractivity contribution in [2.75, 3.05) is 20.1 Å². The molecule has 4 rings (SSSR count). The molecule has 1 aliphatic rings. The molecule has 3 N–H and O–H groups in total. The van der Waals surface area contributed by atoms with Crippen molar-refractivity contribution in [1.82, 2.24) is 24.8 Å². The highest BCUT2D eigenvalue weighted by Gasteiger charge is 2.35. The number of pyridine rings is 1. The Labute approximate surface area is 312 Å². The minimum absolute atomic E-state index is 0.0351. The van der Waals surface area contributed by atoms with Crippen molar-refractivity contribution in [2.45, 2.75) is 95.5 Å². The molecule has 53 heavy (non-hydrogen) atoms. The number of amides is 3. The lowest BCUT2D eigenvalue weighted by Gasteiger charge is -2.33. The van der Waals surface area contributed by atoms with Gasteiger partial charge in [-0.15, -0.1) is 0 Å². The molecule has 0 aliphatic heterocycles. The number of urea groups is 1. The maximum absolute atomic E-state index is 14.1. The lowest BCUT2D eigenvalue weighted by molar-refractivity contribution is -0.125. The number of nitrogens with one attached hydrogen (secondary N) is 2. The summed E-state index contributed by atoms with van der Waals surface area (Å²) in [7, 11) is -2.51. The van der Waals surface area contributed by atoms with Gasteiger partial charge in [-0.3, -0.25) is 9.59 Å². The maximum Gasteiger partial charge on any atom is 0.318 e. The fourth-order valence-corrected chi connectivity index (χ4v) is 8.06. The lowest BCUT2D eigenvalue weighted by Crippen LogP contribution is -2.58. The predicted octanol–water partition coefficient (Wildman–Crippen LogP) is 5.08. The Morgan fingerprint density at radius 3 is 2.26 bits per heavy atom. The molecule has 286 valence electrons. The fourth-order valence-electron chi connectivity index (χ4n) is 6.53. The second kappa shape index (κ2) is 19.5. The monoisotopic (exact) mass is 748 g/mol. The Balaban J connectivity index is 1.57. The minimum atomic E-state index is -4.08. The SMILES string of the molecule is CC[C@H](C)[C@H](NC(=O)N(C)Cc1cccc(C(C)=O)n1)C(=O)N[C@@H](Cc1ccccc1)[C@H](O)CN(CC1CCCC1)S(=O)(=O)c1ccc(CN=O)cc1. The van der Waals surface area contributed by atoms with Crippen LogP contribution in [0.4, 0.5) is 4.79 Å². The van der Waals surface area contributed by atoms with E-state index in [-0.39, 0.29) is 60.8 Å². The molecule has 14 heteroatoms. The van der Waals surface area contributed by atoms with Gasteiger partial charge in [0.25, 0.3) is 0 Å². The number of aliphatic hydroxyl groups is 1. The smallest absolute Gasteiger partial charge is 0.318 e. The van der Waals surface area contributed by atoms with Crippen molar-refractivity contribution in [2.24, 2.45) is 17.0 Å². The van der Waals surface area contributed by atoms with E-state index in [0.29, 0.717) is 17.7 Å². The molecule has 0 bridgehead atoms. The first-order chi connectivity index (χ1) is 25.3. The Morgan fingerprint density at radius 2 is 1.64 bits per heavy atom. The summed E-state index contributed by atoms with van der Waals surface area (Å²) in [5, 5.41) is 20.6. The highest BCUT2D eigenvalue weighted by Crippen LogP contribution is 2.28. The van der Waals surface area contributed by atoms with E-state index in [2.05, 4.69) is 20.8 Å². The van der Waals surface area contributed by atoms with Crippen LogP contribution in [-0.2, 0) is 34.3 Å².